The molecule has 0 radical (unpaired) electrons. The van der Waals surface area contributed by atoms with E-state index in [1.165, 1.54) is 25.7 Å². The third-order valence-electron chi connectivity index (χ3n) is 5.64. The van der Waals surface area contributed by atoms with Crippen molar-refractivity contribution in [2.24, 2.45) is 17.8 Å². The van der Waals surface area contributed by atoms with E-state index in [2.05, 4.69) is 22.4 Å². The van der Waals surface area contributed by atoms with E-state index in [-0.39, 0.29) is 11.9 Å². The molecule has 2 aromatic heterocycles. The predicted octanol–water partition coefficient (Wildman–Crippen LogP) is 2.59. The fourth-order valence-electron chi connectivity index (χ4n) is 4.46. The highest BCUT2D eigenvalue weighted by molar-refractivity contribution is 5.95. The molecule has 0 aromatic carbocycles. The molecule has 4 unspecified atom stereocenters. The van der Waals surface area contributed by atoms with Crippen molar-refractivity contribution >= 4 is 11.6 Å². The van der Waals surface area contributed by atoms with Gasteiger partial charge >= 0.3 is 0 Å². The van der Waals surface area contributed by atoms with Gasteiger partial charge in [-0.3, -0.25) is 9.20 Å². The zero-order valence-corrected chi connectivity index (χ0v) is 13.1. The number of nitrogens with one attached hydrogen (secondary N) is 1. The Morgan fingerprint density at radius 2 is 2.23 bits per heavy atom. The predicted molar refractivity (Wildman–Crippen MR) is 83.6 cm³/mol. The van der Waals surface area contributed by atoms with Crippen molar-refractivity contribution < 1.29 is 4.79 Å². The van der Waals surface area contributed by atoms with E-state index in [1.54, 1.807) is 0 Å². The van der Waals surface area contributed by atoms with Gasteiger partial charge in [0.2, 0.25) is 0 Å². The van der Waals surface area contributed by atoms with Crippen molar-refractivity contribution in [2.75, 3.05) is 0 Å². The van der Waals surface area contributed by atoms with Crippen molar-refractivity contribution in [3.05, 3.63) is 29.7 Å². The second-order valence-corrected chi connectivity index (χ2v) is 6.99. The molecule has 5 heteroatoms. The number of fused-ring (bicyclic) bond motifs is 3. The fraction of sp³-hybridized carbons (Fsp3) is 0.588. The Labute approximate surface area is 130 Å². The van der Waals surface area contributed by atoms with Crippen LogP contribution in [0.2, 0.25) is 0 Å². The van der Waals surface area contributed by atoms with Gasteiger partial charge in [0.15, 0.2) is 5.65 Å². The average molecular weight is 298 g/mol. The highest BCUT2D eigenvalue weighted by Gasteiger charge is 2.42. The number of rotatable bonds is 3. The summed E-state index contributed by atoms with van der Waals surface area (Å²) in [5, 5.41) is 11.3. The number of pyridine rings is 1. The number of aryl methyl sites for hydroxylation is 1. The van der Waals surface area contributed by atoms with Gasteiger partial charge in [0.05, 0.1) is 0 Å². The third-order valence-corrected chi connectivity index (χ3v) is 5.64. The van der Waals surface area contributed by atoms with Gasteiger partial charge in [-0.1, -0.05) is 6.42 Å². The lowest BCUT2D eigenvalue weighted by atomic mass is 9.84. The molecule has 2 heterocycles. The van der Waals surface area contributed by atoms with Gasteiger partial charge in [-0.25, -0.2) is 0 Å². The van der Waals surface area contributed by atoms with Crippen molar-refractivity contribution in [1.82, 2.24) is 19.9 Å². The Morgan fingerprint density at radius 3 is 2.95 bits per heavy atom. The van der Waals surface area contributed by atoms with Crippen LogP contribution in [0.5, 0.6) is 0 Å². The first-order chi connectivity index (χ1) is 10.6. The summed E-state index contributed by atoms with van der Waals surface area (Å²) in [6.45, 7) is 4.06. The lowest BCUT2D eigenvalue weighted by Crippen LogP contribution is -2.40. The van der Waals surface area contributed by atoms with Gasteiger partial charge in [0.25, 0.3) is 5.91 Å². The molecule has 2 bridgehead atoms. The number of carbonyl (C=O) groups excluding carboxylic acids is 1. The summed E-state index contributed by atoms with van der Waals surface area (Å²) >= 11 is 0. The maximum Gasteiger partial charge on any atom is 0.251 e. The topological polar surface area (TPSA) is 59.3 Å². The van der Waals surface area contributed by atoms with E-state index in [4.69, 9.17) is 0 Å². The first-order valence-electron chi connectivity index (χ1n) is 8.24. The summed E-state index contributed by atoms with van der Waals surface area (Å²) < 4.78 is 1.89. The number of hydrogen-bond donors (Lipinski definition) is 1. The molecule has 2 saturated carbocycles. The van der Waals surface area contributed by atoms with Crippen molar-refractivity contribution in [2.45, 2.75) is 45.6 Å². The largest absolute Gasteiger partial charge is 0.349 e. The van der Waals surface area contributed by atoms with Gasteiger partial charge in [-0.15, -0.1) is 10.2 Å². The lowest BCUT2D eigenvalue weighted by Gasteiger charge is -2.28. The van der Waals surface area contributed by atoms with Crippen molar-refractivity contribution in [1.29, 1.82) is 0 Å². The maximum absolute atomic E-state index is 12.5. The van der Waals surface area contributed by atoms with E-state index in [1.807, 2.05) is 29.7 Å². The summed E-state index contributed by atoms with van der Waals surface area (Å²) in [6.07, 6.45) is 7.26. The van der Waals surface area contributed by atoms with Gasteiger partial charge in [-0.2, -0.15) is 0 Å². The quantitative estimate of drug-likeness (QED) is 0.947. The first kappa shape index (κ1) is 13.7. The van der Waals surface area contributed by atoms with E-state index in [0.717, 1.165) is 23.3 Å². The number of carbonyl (C=O) groups is 1. The molecule has 2 aromatic rings. The van der Waals surface area contributed by atoms with Gasteiger partial charge in [0.1, 0.15) is 5.82 Å². The molecule has 2 aliphatic carbocycles. The summed E-state index contributed by atoms with van der Waals surface area (Å²) in [6, 6.07) is 3.90. The molecule has 2 aliphatic rings. The number of nitrogens with zero attached hydrogens (tertiary/aromatic N) is 3. The van der Waals surface area contributed by atoms with E-state index >= 15 is 0 Å². The Kier molecular flexibility index (Phi) is 3.17. The van der Waals surface area contributed by atoms with Crippen LogP contribution in [0.3, 0.4) is 0 Å². The van der Waals surface area contributed by atoms with Crippen LogP contribution in [0.15, 0.2) is 18.3 Å². The smallest absolute Gasteiger partial charge is 0.251 e. The monoisotopic (exact) mass is 298 g/mol. The summed E-state index contributed by atoms with van der Waals surface area (Å²) in [5.41, 5.74) is 1.38. The fourth-order valence-corrected chi connectivity index (χ4v) is 4.46. The zero-order chi connectivity index (χ0) is 15.3. The lowest BCUT2D eigenvalue weighted by molar-refractivity contribution is 0.0915. The van der Waals surface area contributed by atoms with Crippen LogP contribution >= 0.6 is 0 Å². The molecule has 0 spiro atoms. The van der Waals surface area contributed by atoms with Crippen molar-refractivity contribution in [3.63, 3.8) is 0 Å². The molecule has 0 saturated heterocycles. The van der Waals surface area contributed by atoms with E-state index < -0.39 is 0 Å². The third kappa shape index (κ3) is 2.19. The SMILES string of the molecule is Cc1nnc2cc(C(=O)NC(C)C3CC4CCC3C4)ccn12. The summed E-state index contributed by atoms with van der Waals surface area (Å²) in [5.74, 6) is 3.21. The highest BCUT2D eigenvalue weighted by Crippen LogP contribution is 2.49. The van der Waals surface area contributed by atoms with Gasteiger partial charge in [-0.05, 0) is 63.0 Å². The first-order valence-corrected chi connectivity index (χ1v) is 8.24. The number of hydrogen-bond acceptors (Lipinski definition) is 3. The molecule has 2 fully saturated rings. The minimum Gasteiger partial charge on any atom is -0.349 e. The van der Waals surface area contributed by atoms with Gasteiger partial charge < -0.3 is 5.32 Å². The van der Waals surface area contributed by atoms with Crippen LogP contribution < -0.4 is 5.32 Å². The minimum atomic E-state index is -0.00146. The zero-order valence-electron chi connectivity index (χ0n) is 13.1. The van der Waals surface area contributed by atoms with Crippen LogP contribution in [0.4, 0.5) is 0 Å². The molecule has 1 N–H and O–H groups in total. The normalized spacial score (nSPS) is 28.2. The standard InChI is InChI=1S/C17H22N4O/c1-10(15-8-12-3-4-13(15)7-12)18-17(22)14-5-6-21-11(2)19-20-16(21)9-14/h5-6,9-10,12-13,15H,3-4,7-8H2,1-2H3,(H,18,22). The second-order valence-electron chi connectivity index (χ2n) is 6.99. The molecule has 4 rings (SSSR count). The average Bonchev–Trinajstić information content (AvgIpc) is 3.22. The summed E-state index contributed by atoms with van der Waals surface area (Å²) in [4.78, 5) is 12.5. The number of amides is 1. The Hall–Kier alpha value is -1.91. The van der Waals surface area contributed by atoms with E-state index in [0.29, 0.717) is 11.5 Å². The minimum absolute atomic E-state index is 0.00146. The summed E-state index contributed by atoms with van der Waals surface area (Å²) in [7, 11) is 0. The second kappa shape index (κ2) is 5.07. The Morgan fingerprint density at radius 1 is 1.36 bits per heavy atom. The molecule has 116 valence electrons. The molecule has 0 aliphatic heterocycles. The Balaban J connectivity index is 1.48. The van der Waals surface area contributed by atoms with Crippen LogP contribution in [0, 0.1) is 24.7 Å². The maximum atomic E-state index is 12.5. The van der Waals surface area contributed by atoms with Crippen molar-refractivity contribution in [3.8, 4) is 0 Å². The molecule has 1 amide bonds. The van der Waals surface area contributed by atoms with Crippen LogP contribution in [0.25, 0.3) is 5.65 Å². The molecule has 4 atom stereocenters. The molecule has 5 nitrogen and oxygen atoms in total. The Bertz CT molecular complexity index is 723. The number of aromatic nitrogens is 3. The van der Waals surface area contributed by atoms with Crippen LogP contribution in [0.1, 0.15) is 48.8 Å². The molecular weight excluding hydrogens is 276 g/mol. The molecule has 22 heavy (non-hydrogen) atoms. The van der Waals surface area contributed by atoms with Crippen LogP contribution in [-0.2, 0) is 0 Å². The highest BCUT2D eigenvalue weighted by atomic mass is 16.1. The van der Waals surface area contributed by atoms with Gasteiger partial charge in [0, 0.05) is 17.8 Å². The van der Waals surface area contributed by atoms with E-state index in [9.17, 15) is 4.79 Å². The molecular formula is C17H22N4O. The van der Waals surface area contributed by atoms with Crippen LogP contribution in [-0.4, -0.2) is 26.5 Å².